The van der Waals surface area contributed by atoms with Crippen molar-refractivity contribution < 1.29 is 0 Å². The maximum absolute atomic E-state index is 5.86. The van der Waals surface area contributed by atoms with Crippen LogP contribution in [0.2, 0.25) is 0 Å². The van der Waals surface area contributed by atoms with Crippen LogP contribution in [0, 0.1) is 0 Å². The first-order chi connectivity index (χ1) is 5.75. The van der Waals surface area contributed by atoms with Gasteiger partial charge in [-0.25, -0.2) is 0 Å². The molecule has 0 spiro atoms. The molecule has 2 N–H and O–H groups in total. The molecule has 0 bridgehead atoms. The quantitative estimate of drug-likeness (QED) is 0.809. The third-order valence-electron chi connectivity index (χ3n) is 2.47. The van der Waals surface area contributed by atoms with Gasteiger partial charge in [-0.05, 0) is 53.2 Å². The average molecular weight is 246 g/mol. The Morgan fingerprint density at radius 1 is 1.42 bits per heavy atom. The molecule has 0 radical (unpaired) electrons. The molecule has 2 rings (SSSR count). The van der Waals surface area contributed by atoms with E-state index in [-0.39, 0.29) is 0 Å². The molecule has 2 unspecified atom stereocenters. The summed E-state index contributed by atoms with van der Waals surface area (Å²) in [6.07, 6.45) is 3.64. The molecule has 0 saturated heterocycles. The van der Waals surface area contributed by atoms with Crippen molar-refractivity contribution in [2.24, 2.45) is 5.73 Å². The molecular weight excluding hydrogens is 234 g/mol. The van der Waals surface area contributed by atoms with Gasteiger partial charge >= 0.3 is 0 Å². The van der Waals surface area contributed by atoms with E-state index in [1.54, 1.807) is 0 Å². The Morgan fingerprint density at radius 2 is 2.25 bits per heavy atom. The normalized spacial score (nSPS) is 29.5. The Bertz CT molecular complexity index is 271. The number of hydrogen-bond donors (Lipinski definition) is 1. The van der Waals surface area contributed by atoms with Crippen LogP contribution >= 0.6 is 27.3 Å². The average Bonchev–Trinajstić information content (AvgIpc) is 2.58. The van der Waals surface area contributed by atoms with Crippen molar-refractivity contribution in [1.29, 1.82) is 0 Å². The summed E-state index contributed by atoms with van der Waals surface area (Å²) in [6, 6.07) is 4.79. The largest absolute Gasteiger partial charge is 0.328 e. The highest BCUT2D eigenvalue weighted by atomic mass is 79.9. The molecule has 1 fully saturated rings. The molecule has 0 aliphatic heterocycles. The van der Waals surface area contributed by atoms with Gasteiger partial charge in [0.25, 0.3) is 0 Å². The predicted octanol–water partition coefficient (Wildman–Crippen LogP) is 3.11. The van der Waals surface area contributed by atoms with E-state index in [0.717, 1.165) is 5.92 Å². The SMILES string of the molecule is NC1CCC(c2ccc(Br)s2)C1. The number of hydrogen-bond acceptors (Lipinski definition) is 2. The third-order valence-corrected chi connectivity index (χ3v) is 4.26. The van der Waals surface area contributed by atoms with Crippen LogP contribution < -0.4 is 5.73 Å². The van der Waals surface area contributed by atoms with E-state index in [4.69, 9.17) is 5.73 Å². The summed E-state index contributed by atoms with van der Waals surface area (Å²) in [7, 11) is 0. The van der Waals surface area contributed by atoms with Gasteiger partial charge in [-0.15, -0.1) is 11.3 Å². The zero-order chi connectivity index (χ0) is 8.55. The van der Waals surface area contributed by atoms with Crippen LogP contribution in [0.15, 0.2) is 15.9 Å². The lowest BCUT2D eigenvalue weighted by molar-refractivity contribution is 0.680. The van der Waals surface area contributed by atoms with Crippen molar-refractivity contribution in [2.45, 2.75) is 31.2 Å². The number of halogens is 1. The predicted molar refractivity (Wildman–Crippen MR) is 56.6 cm³/mol. The molecule has 1 heterocycles. The van der Waals surface area contributed by atoms with Gasteiger partial charge in [-0.2, -0.15) is 0 Å². The zero-order valence-corrected chi connectivity index (χ0v) is 9.20. The van der Waals surface area contributed by atoms with Crippen molar-refractivity contribution in [2.75, 3.05) is 0 Å². The Kier molecular flexibility index (Phi) is 2.53. The summed E-state index contributed by atoms with van der Waals surface area (Å²) in [5.41, 5.74) is 5.86. The number of nitrogens with two attached hydrogens (primary N) is 1. The van der Waals surface area contributed by atoms with E-state index in [1.165, 1.54) is 27.9 Å². The summed E-state index contributed by atoms with van der Waals surface area (Å²) in [5.74, 6) is 0.733. The van der Waals surface area contributed by atoms with Crippen LogP contribution in [0.1, 0.15) is 30.1 Å². The lowest BCUT2D eigenvalue weighted by Gasteiger charge is -2.04. The van der Waals surface area contributed by atoms with Crippen molar-refractivity contribution in [1.82, 2.24) is 0 Å². The molecular formula is C9H12BrNS. The van der Waals surface area contributed by atoms with Crippen LogP contribution in [0.25, 0.3) is 0 Å². The van der Waals surface area contributed by atoms with Gasteiger partial charge in [0.2, 0.25) is 0 Å². The van der Waals surface area contributed by atoms with Crippen molar-refractivity contribution in [3.05, 3.63) is 20.8 Å². The molecule has 1 aliphatic carbocycles. The van der Waals surface area contributed by atoms with E-state index >= 15 is 0 Å². The molecule has 2 atom stereocenters. The minimum Gasteiger partial charge on any atom is -0.328 e. The molecule has 1 aromatic heterocycles. The summed E-state index contributed by atoms with van der Waals surface area (Å²) in [4.78, 5) is 1.50. The Hall–Kier alpha value is 0.140. The van der Waals surface area contributed by atoms with Gasteiger partial charge in [0, 0.05) is 10.9 Å². The highest BCUT2D eigenvalue weighted by Gasteiger charge is 2.23. The van der Waals surface area contributed by atoms with Gasteiger partial charge in [0.15, 0.2) is 0 Å². The lowest BCUT2D eigenvalue weighted by Crippen LogP contribution is -2.14. The Balaban J connectivity index is 2.11. The monoisotopic (exact) mass is 245 g/mol. The third kappa shape index (κ3) is 1.73. The van der Waals surface area contributed by atoms with E-state index < -0.39 is 0 Å². The van der Waals surface area contributed by atoms with Crippen LogP contribution in [0.4, 0.5) is 0 Å². The van der Waals surface area contributed by atoms with Crippen molar-refractivity contribution >= 4 is 27.3 Å². The molecule has 1 aromatic rings. The van der Waals surface area contributed by atoms with Gasteiger partial charge in [0.1, 0.15) is 0 Å². The maximum atomic E-state index is 5.86. The summed E-state index contributed by atoms with van der Waals surface area (Å²) in [5, 5.41) is 0. The van der Waals surface area contributed by atoms with Crippen LogP contribution in [0.5, 0.6) is 0 Å². The van der Waals surface area contributed by atoms with Crippen LogP contribution in [-0.4, -0.2) is 6.04 Å². The fourth-order valence-electron chi connectivity index (χ4n) is 1.82. The molecule has 12 heavy (non-hydrogen) atoms. The molecule has 1 nitrogen and oxygen atoms in total. The Morgan fingerprint density at radius 3 is 2.75 bits per heavy atom. The van der Waals surface area contributed by atoms with Gasteiger partial charge < -0.3 is 5.73 Å². The van der Waals surface area contributed by atoms with E-state index in [9.17, 15) is 0 Å². The van der Waals surface area contributed by atoms with E-state index in [0.29, 0.717) is 6.04 Å². The highest BCUT2D eigenvalue weighted by Crippen LogP contribution is 2.38. The first-order valence-electron chi connectivity index (χ1n) is 4.26. The lowest BCUT2D eigenvalue weighted by atomic mass is 10.1. The molecule has 66 valence electrons. The second kappa shape index (κ2) is 3.48. The maximum Gasteiger partial charge on any atom is 0.0701 e. The smallest absolute Gasteiger partial charge is 0.0701 e. The van der Waals surface area contributed by atoms with E-state index in [1.807, 2.05) is 11.3 Å². The second-order valence-corrected chi connectivity index (χ2v) is 5.91. The molecule has 0 aromatic carbocycles. The van der Waals surface area contributed by atoms with Crippen molar-refractivity contribution in [3.8, 4) is 0 Å². The van der Waals surface area contributed by atoms with Gasteiger partial charge in [0.05, 0.1) is 3.79 Å². The topological polar surface area (TPSA) is 26.0 Å². The van der Waals surface area contributed by atoms with E-state index in [2.05, 4.69) is 28.1 Å². The molecule has 1 saturated carbocycles. The Labute approximate surface area is 85.1 Å². The zero-order valence-electron chi connectivity index (χ0n) is 6.79. The summed E-state index contributed by atoms with van der Waals surface area (Å²) in [6.45, 7) is 0. The van der Waals surface area contributed by atoms with Crippen molar-refractivity contribution in [3.63, 3.8) is 0 Å². The molecule has 3 heteroatoms. The fraction of sp³-hybridized carbons (Fsp3) is 0.556. The first kappa shape index (κ1) is 8.73. The van der Waals surface area contributed by atoms with Crippen LogP contribution in [-0.2, 0) is 0 Å². The second-order valence-electron chi connectivity index (χ2n) is 3.41. The standard InChI is InChI=1S/C9H12BrNS/c10-9-4-3-8(12-9)6-1-2-7(11)5-6/h3-4,6-7H,1-2,5,11H2. The molecule has 0 amide bonds. The minimum absolute atomic E-state index is 0.441. The number of rotatable bonds is 1. The molecule has 1 aliphatic rings. The number of thiophene rings is 1. The fourth-order valence-corrected chi connectivity index (χ4v) is 3.39. The van der Waals surface area contributed by atoms with Gasteiger partial charge in [-0.3, -0.25) is 0 Å². The van der Waals surface area contributed by atoms with Crippen LogP contribution in [0.3, 0.4) is 0 Å². The summed E-state index contributed by atoms with van der Waals surface area (Å²) < 4.78 is 1.23. The minimum atomic E-state index is 0.441. The van der Waals surface area contributed by atoms with Gasteiger partial charge in [-0.1, -0.05) is 0 Å². The highest BCUT2D eigenvalue weighted by molar-refractivity contribution is 9.11. The summed E-state index contributed by atoms with van der Waals surface area (Å²) >= 11 is 5.33. The first-order valence-corrected chi connectivity index (χ1v) is 5.87.